The normalized spacial score (nSPS) is 9.26. The smallest absolute Gasteiger partial charge is 0.545 e. The third kappa shape index (κ3) is 3.18. The van der Waals surface area contributed by atoms with Gasteiger partial charge in [-0.3, -0.25) is 0 Å². The van der Waals surface area contributed by atoms with Crippen LogP contribution in [0.5, 0.6) is 0 Å². The maximum absolute atomic E-state index is 10.7. The van der Waals surface area contributed by atoms with Crippen LogP contribution >= 0.6 is 0 Å². The second-order valence-corrected chi connectivity index (χ2v) is 3.06. The molecule has 0 aliphatic carbocycles. The fourth-order valence-electron chi connectivity index (χ4n) is 1.37. The summed E-state index contributed by atoms with van der Waals surface area (Å²) in [5, 5.41) is 42.6. The minimum atomic E-state index is -2.18. The largest absolute Gasteiger partial charge is 4.00 e. The molecule has 0 aliphatic heterocycles. The molecule has 0 fully saturated rings. The van der Waals surface area contributed by atoms with E-state index in [4.69, 9.17) is 0 Å². The van der Waals surface area contributed by atoms with Crippen LogP contribution in [0.15, 0.2) is 12.1 Å². The van der Waals surface area contributed by atoms with Gasteiger partial charge >= 0.3 is 21.7 Å². The molecule has 0 N–H and O–H groups in total. The SMILES string of the molecule is O=C([O-])c1ccc(C(=O)[O-])c(C(=O)[O-])c1C(=O)[O-].[Ti+4]. The Labute approximate surface area is 120 Å². The van der Waals surface area contributed by atoms with E-state index >= 15 is 0 Å². The summed E-state index contributed by atoms with van der Waals surface area (Å²) in [6.45, 7) is 0. The zero-order valence-corrected chi connectivity index (χ0v) is 10.5. The number of carboxylic acids is 4. The number of carbonyl (C=O) groups is 4. The minimum absolute atomic E-state index is 0. The number of aromatic carboxylic acids is 4. The van der Waals surface area contributed by atoms with Crippen molar-refractivity contribution in [3.8, 4) is 0 Å². The van der Waals surface area contributed by atoms with Gasteiger partial charge in [-0.1, -0.05) is 12.1 Å². The summed E-state index contributed by atoms with van der Waals surface area (Å²) in [5.74, 6) is -8.36. The van der Waals surface area contributed by atoms with E-state index < -0.39 is 46.1 Å². The summed E-state index contributed by atoms with van der Waals surface area (Å²) < 4.78 is 0. The van der Waals surface area contributed by atoms with E-state index in [0.29, 0.717) is 12.1 Å². The van der Waals surface area contributed by atoms with Crippen LogP contribution < -0.4 is 20.4 Å². The van der Waals surface area contributed by atoms with E-state index in [1.54, 1.807) is 0 Å². The molecule has 0 aromatic heterocycles. The molecule has 1 aromatic rings. The predicted octanol–water partition coefficient (Wildman–Crippen LogP) is -4.86. The average Bonchev–Trinajstić information content (AvgIpc) is 2.26. The van der Waals surface area contributed by atoms with Crippen LogP contribution in [-0.2, 0) is 21.7 Å². The zero-order valence-electron chi connectivity index (χ0n) is 8.92. The van der Waals surface area contributed by atoms with E-state index in [9.17, 15) is 39.6 Å². The molecule has 0 spiro atoms. The molecule has 19 heavy (non-hydrogen) atoms. The van der Waals surface area contributed by atoms with Gasteiger partial charge in [0.25, 0.3) is 0 Å². The van der Waals surface area contributed by atoms with Gasteiger partial charge in [0.15, 0.2) is 0 Å². The van der Waals surface area contributed by atoms with Crippen molar-refractivity contribution in [2.45, 2.75) is 0 Å². The molecule has 1 aromatic carbocycles. The number of hydrogen-bond acceptors (Lipinski definition) is 8. The van der Waals surface area contributed by atoms with Crippen LogP contribution in [0.25, 0.3) is 0 Å². The Balaban J connectivity index is 0.00000324. The maximum atomic E-state index is 10.7. The van der Waals surface area contributed by atoms with Crippen molar-refractivity contribution in [1.82, 2.24) is 0 Å². The van der Waals surface area contributed by atoms with Crippen LogP contribution in [-0.4, -0.2) is 23.9 Å². The van der Waals surface area contributed by atoms with Gasteiger partial charge < -0.3 is 39.6 Å². The predicted molar refractivity (Wildman–Crippen MR) is 43.8 cm³/mol. The van der Waals surface area contributed by atoms with Crippen molar-refractivity contribution in [2.24, 2.45) is 0 Å². The molecule has 0 radical (unpaired) electrons. The van der Waals surface area contributed by atoms with Crippen molar-refractivity contribution >= 4 is 23.9 Å². The monoisotopic (exact) mass is 298 g/mol. The molecule has 1 rings (SSSR count). The van der Waals surface area contributed by atoms with Crippen LogP contribution in [0, 0.1) is 0 Å². The molecular formula is C10H2O8Ti. The number of benzene rings is 1. The molecule has 0 bridgehead atoms. The molecule has 8 nitrogen and oxygen atoms in total. The Morgan fingerprint density at radius 2 is 0.895 bits per heavy atom. The quantitative estimate of drug-likeness (QED) is 0.500. The fourth-order valence-corrected chi connectivity index (χ4v) is 1.37. The van der Waals surface area contributed by atoms with Gasteiger partial charge in [0.05, 0.1) is 23.9 Å². The summed E-state index contributed by atoms with van der Waals surface area (Å²) >= 11 is 0. The van der Waals surface area contributed by atoms with Crippen molar-refractivity contribution in [1.29, 1.82) is 0 Å². The number of hydrogen-bond donors (Lipinski definition) is 0. The van der Waals surface area contributed by atoms with Gasteiger partial charge in [-0.2, -0.15) is 0 Å². The van der Waals surface area contributed by atoms with Gasteiger partial charge in [0.2, 0.25) is 0 Å². The zero-order chi connectivity index (χ0) is 14.0. The number of carbonyl (C=O) groups excluding carboxylic acids is 4. The van der Waals surface area contributed by atoms with E-state index in [1.807, 2.05) is 0 Å². The average molecular weight is 298 g/mol. The molecule has 0 heterocycles. The Bertz CT molecular complexity index is 526. The molecule has 9 heteroatoms. The second-order valence-electron chi connectivity index (χ2n) is 3.06. The molecule has 0 atom stereocenters. The molecule has 0 aliphatic rings. The summed E-state index contributed by atoms with van der Waals surface area (Å²) in [7, 11) is 0. The first kappa shape index (κ1) is 16.8. The van der Waals surface area contributed by atoms with Gasteiger partial charge in [-0.25, -0.2) is 0 Å². The molecule has 94 valence electrons. The standard InChI is InChI=1S/C10H6O8.Ti/c11-7(12)3-1-2-4(8(13)14)6(10(17)18)5(3)9(15)16;/h1-2H,(H,11,12)(H,13,14)(H,15,16)(H,17,18);/q;+4/p-4. The topological polar surface area (TPSA) is 161 Å². The fraction of sp³-hybridized carbons (Fsp3) is 0. The number of rotatable bonds is 4. The minimum Gasteiger partial charge on any atom is -0.545 e. The van der Waals surface area contributed by atoms with E-state index in [0.717, 1.165) is 0 Å². The molecule has 0 amide bonds. The van der Waals surface area contributed by atoms with Crippen molar-refractivity contribution in [2.75, 3.05) is 0 Å². The first-order valence-corrected chi connectivity index (χ1v) is 4.29. The maximum Gasteiger partial charge on any atom is 4.00 e. The summed E-state index contributed by atoms with van der Waals surface area (Å²) in [5.41, 5.74) is -4.73. The van der Waals surface area contributed by atoms with Gasteiger partial charge in [-0.05, 0) is 0 Å². The first-order chi connectivity index (χ1) is 8.27. The van der Waals surface area contributed by atoms with Crippen LogP contribution in [0.1, 0.15) is 41.4 Å². The van der Waals surface area contributed by atoms with Gasteiger partial charge in [0, 0.05) is 22.3 Å². The third-order valence-corrected chi connectivity index (χ3v) is 2.05. The van der Waals surface area contributed by atoms with Crippen molar-refractivity contribution in [3.05, 3.63) is 34.4 Å². The Morgan fingerprint density at radius 3 is 1.05 bits per heavy atom. The van der Waals surface area contributed by atoms with Crippen molar-refractivity contribution < 1.29 is 61.3 Å². The van der Waals surface area contributed by atoms with E-state index in [-0.39, 0.29) is 21.7 Å². The second kappa shape index (κ2) is 6.12. The van der Waals surface area contributed by atoms with Crippen LogP contribution in [0.3, 0.4) is 0 Å². The summed E-state index contributed by atoms with van der Waals surface area (Å²) in [6.07, 6.45) is 0. The van der Waals surface area contributed by atoms with Gasteiger partial charge in [-0.15, -0.1) is 0 Å². The first-order valence-electron chi connectivity index (χ1n) is 4.29. The van der Waals surface area contributed by atoms with Crippen LogP contribution in [0.2, 0.25) is 0 Å². The Kier molecular flexibility index (Phi) is 5.42. The van der Waals surface area contributed by atoms with E-state index in [2.05, 4.69) is 0 Å². The van der Waals surface area contributed by atoms with Crippen molar-refractivity contribution in [3.63, 3.8) is 0 Å². The Hall–Kier alpha value is -2.19. The van der Waals surface area contributed by atoms with Crippen LogP contribution in [0.4, 0.5) is 0 Å². The molecular weight excluding hydrogens is 296 g/mol. The molecule has 0 saturated heterocycles. The number of carboxylic acid groups (broad SMARTS) is 4. The van der Waals surface area contributed by atoms with E-state index in [1.165, 1.54) is 0 Å². The summed E-state index contributed by atoms with van der Waals surface area (Å²) in [6, 6.07) is 1.14. The van der Waals surface area contributed by atoms with Gasteiger partial charge in [0.1, 0.15) is 0 Å². The molecule has 0 unspecified atom stereocenters. The molecule has 0 saturated carbocycles. The third-order valence-electron chi connectivity index (χ3n) is 2.05. The summed E-state index contributed by atoms with van der Waals surface area (Å²) in [4.78, 5) is 42.6. The Morgan fingerprint density at radius 1 is 0.632 bits per heavy atom.